The summed E-state index contributed by atoms with van der Waals surface area (Å²) >= 11 is 0. The zero-order valence-corrected chi connectivity index (χ0v) is 5.51. The van der Waals surface area contributed by atoms with Crippen molar-refractivity contribution in [3.05, 3.63) is 0 Å². The van der Waals surface area contributed by atoms with Gasteiger partial charge in [-0.1, -0.05) is 0 Å². The van der Waals surface area contributed by atoms with Gasteiger partial charge in [-0.3, -0.25) is 0 Å². The Balaban J connectivity index is 3.28. The van der Waals surface area contributed by atoms with Crippen LogP contribution >= 0.6 is 0 Å². The molecule has 0 heterocycles. The van der Waals surface area contributed by atoms with Crippen molar-refractivity contribution < 1.29 is 4.74 Å². The van der Waals surface area contributed by atoms with Gasteiger partial charge in [-0.15, -0.1) is 0 Å². The molecule has 0 spiro atoms. The summed E-state index contributed by atoms with van der Waals surface area (Å²) in [4.78, 5) is 0. The van der Waals surface area contributed by atoms with Gasteiger partial charge in [-0.05, 0) is 20.8 Å². The lowest BCUT2D eigenvalue weighted by molar-refractivity contribution is 0.0502. The zero-order valence-electron chi connectivity index (χ0n) is 5.51. The average Bonchev–Trinajstić information content (AvgIpc) is 1.65. The van der Waals surface area contributed by atoms with Gasteiger partial charge in [0.1, 0.15) is 6.10 Å². The van der Waals surface area contributed by atoms with Crippen LogP contribution < -0.4 is 0 Å². The van der Waals surface area contributed by atoms with E-state index in [0.717, 1.165) is 0 Å². The Labute approximate surface area is 50.1 Å². The summed E-state index contributed by atoms with van der Waals surface area (Å²) in [5, 5.41) is 8.21. The van der Waals surface area contributed by atoms with Gasteiger partial charge in [-0.25, -0.2) is 0 Å². The van der Waals surface area contributed by atoms with Crippen molar-refractivity contribution in [1.29, 1.82) is 5.26 Å². The number of nitrogens with zero attached hydrogens (tertiary/aromatic N) is 1. The molecule has 2 heteroatoms. The Morgan fingerprint density at radius 1 is 1.38 bits per heavy atom. The maximum Gasteiger partial charge on any atom is 0.141 e. The molecule has 0 aromatic rings. The van der Waals surface area contributed by atoms with Crippen LogP contribution in [0.5, 0.6) is 0 Å². The molecule has 0 saturated carbocycles. The van der Waals surface area contributed by atoms with E-state index < -0.39 is 0 Å². The fraction of sp³-hybridized carbons (Fsp3) is 0.833. The number of rotatable bonds is 2. The average molecular weight is 113 g/mol. The van der Waals surface area contributed by atoms with Crippen LogP contribution in [0, 0.1) is 11.3 Å². The third-order valence-electron chi connectivity index (χ3n) is 0.658. The summed E-state index contributed by atoms with van der Waals surface area (Å²) in [7, 11) is 0. The molecule has 0 rings (SSSR count). The van der Waals surface area contributed by atoms with E-state index in [4.69, 9.17) is 10.00 Å². The molecule has 0 aliphatic heterocycles. The first-order valence-corrected chi connectivity index (χ1v) is 2.72. The van der Waals surface area contributed by atoms with Crippen LogP contribution in [0.25, 0.3) is 0 Å². The minimum atomic E-state index is -0.269. The normalized spacial score (nSPS) is 13.4. The van der Waals surface area contributed by atoms with Crippen LogP contribution in [0.4, 0.5) is 0 Å². The molecule has 1 atom stereocenters. The maximum absolute atomic E-state index is 8.21. The highest BCUT2D eigenvalue weighted by Crippen LogP contribution is 1.93. The lowest BCUT2D eigenvalue weighted by Crippen LogP contribution is -2.11. The quantitative estimate of drug-likeness (QED) is 0.541. The van der Waals surface area contributed by atoms with Gasteiger partial charge in [0.25, 0.3) is 0 Å². The van der Waals surface area contributed by atoms with Crippen LogP contribution in [-0.4, -0.2) is 12.2 Å². The van der Waals surface area contributed by atoms with E-state index in [1.807, 2.05) is 19.9 Å². The summed E-state index contributed by atoms with van der Waals surface area (Å²) in [6, 6.07) is 1.97. The molecule has 46 valence electrons. The first-order valence-electron chi connectivity index (χ1n) is 2.72. The minimum absolute atomic E-state index is 0.157. The largest absolute Gasteiger partial charge is 0.361 e. The highest BCUT2D eigenvalue weighted by atomic mass is 16.5. The van der Waals surface area contributed by atoms with Crippen LogP contribution in [0.15, 0.2) is 0 Å². The second kappa shape index (κ2) is 3.45. The second-order valence-corrected chi connectivity index (χ2v) is 1.96. The fourth-order valence-electron chi connectivity index (χ4n) is 0.439. The van der Waals surface area contributed by atoms with Crippen molar-refractivity contribution in [3.8, 4) is 6.07 Å². The Bertz CT molecular complexity index is 93.2. The number of ether oxygens (including phenoxy) is 1. The maximum atomic E-state index is 8.21. The first-order chi connectivity index (χ1) is 3.66. The molecule has 0 aromatic heterocycles. The van der Waals surface area contributed by atoms with Crippen molar-refractivity contribution in [2.45, 2.75) is 33.0 Å². The van der Waals surface area contributed by atoms with Gasteiger partial charge in [0, 0.05) is 0 Å². The van der Waals surface area contributed by atoms with E-state index in [1.165, 1.54) is 0 Å². The van der Waals surface area contributed by atoms with Crippen LogP contribution in [0.3, 0.4) is 0 Å². The zero-order chi connectivity index (χ0) is 6.57. The van der Waals surface area contributed by atoms with E-state index in [1.54, 1.807) is 6.92 Å². The van der Waals surface area contributed by atoms with Crippen molar-refractivity contribution in [2.75, 3.05) is 0 Å². The second-order valence-electron chi connectivity index (χ2n) is 1.96. The standard InChI is InChI=1S/C6H11NO/c1-5(2)8-6(3)4-7/h5-6H,1-3H3/t6-/m0/s1. The van der Waals surface area contributed by atoms with Crippen molar-refractivity contribution in [3.63, 3.8) is 0 Å². The van der Waals surface area contributed by atoms with Gasteiger partial charge in [0.2, 0.25) is 0 Å². The van der Waals surface area contributed by atoms with E-state index in [0.29, 0.717) is 0 Å². The third-order valence-corrected chi connectivity index (χ3v) is 0.658. The molecule has 0 radical (unpaired) electrons. The molecule has 0 aromatic carbocycles. The predicted octanol–water partition coefficient (Wildman–Crippen LogP) is 1.32. The molecule has 0 fully saturated rings. The Morgan fingerprint density at radius 3 is 2.00 bits per heavy atom. The third kappa shape index (κ3) is 3.63. The van der Waals surface area contributed by atoms with Crippen molar-refractivity contribution in [1.82, 2.24) is 0 Å². The summed E-state index contributed by atoms with van der Waals surface area (Å²) in [5.74, 6) is 0. The molecule has 8 heavy (non-hydrogen) atoms. The summed E-state index contributed by atoms with van der Waals surface area (Å²) in [6.07, 6.45) is -0.111. The molecule has 0 aliphatic rings. The highest BCUT2D eigenvalue weighted by Gasteiger charge is 1.99. The van der Waals surface area contributed by atoms with Crippen molar-refractivity contribution in [2.24, 2.45) is 0 Å². The number of nitriles is 1. The van der Waals surface area contributed by atoms with Crippen LogP contribution in [0.1, 0.15) is 20.8 Å². The van der Waals surface area contributed by atoms with Gasteiger partial charge >= 0.3 is 0 Å². The van der Waals surface area contributed by atoms with E-state index in [9.17, 15) is 0 Å². The highest BCUT2D eigenvalue weighted by molar-refractivity contribution is 4.79. The lowest BCUT2D eigenvalue weighted by Gasteiger charge is -2.07. The molecule has 0 N–H and O–H groups in total. The van der Waals surface area contributed by atoms with Gasteiger partial charge in [-0.2, -0.15) is 5.26 Å². The smallest absolute Gasteiger partial charge is 0.141 e. The summed E-state index contributed by atoms with van der Waals surface area (Å²) in [6.45, 7) is 5.56. The van der Waals surface area contributed by atoms with E-state index in [2.05, 4.69) is 0 Å². The van der Waals surface area contributed by atoms with Gasteiger partial charge in [0.05, 0.1) is 12.2 Å². The molecule has 0 unspecified atom stereocenters. The number of hydrogen-bond acceptors (Lipinski definition) is 2. The fourth-order valence-corrected chi connectivity index (χ4v) is 0.439. The summed E-state index contributed by atoms with van der Waals surface area (Å²) < 4.78 is 5.04. The Hall–Kier alpha value is -0.550. The Morgan fingerprint density at radius 2 is 1.88 bits per heavy atom. The number of hydrogen-bond donors (Lipinski definition) is 0. The van der Waals surface area contributed by atoms with E-state index in [-0.39, 0.29) is 12.2 Å². The van der Waals surface area contributed by atoms with Gasteiger partial charge in [0.15, 0.2) is 0 Å². The van der Waals surface area contributed by atoms with Gasteiger partial charge < -0.3 is 4.74 Å². The molecular formula is C6H11NO. The predicted molar refractivity (Wildman–Crippen MR) is 31.3 cm³/mol. The van der Waals surface area contributed by atoms with Crippen molar-refractivity contribution >= 4 is 0 Å². The monoisotopic (exact) mass is 113 g/mol. The first kappa shape index (κ1) is 7.45. The van der Waals surface area contributed by atoms with Crippen LogP contribution in [-0.2, 0) is 4.74 Å². The molecule has 0 bridgehead atoms. The topological polar surface area (TPSA) is 33.0 Å². The molecule has 0 amide bonds. The molecular weight excluding hydrogens is 102 g/mol. The Kier molecular flexibility index (Phi) is 3.21. The SMILES string of the molecule is CC(C)O[C@@H](C)C#N. The molecule has 0 aliphatic carbocycles. The molecule has 0 saturated heterocycles. The van der Waals surface area contributed by atoms with E-state index >= 15 is 0 Å². The van der Waals surface area contributed by atoms with Crippen LogP contribution in [0.2, 0.25) is 0 Å². The minimum Gasteiger partial charge on any atom is -0.361 e. The lowest BCUT2D eigenvalue weighted by atomic mass is 10.4. The molecule has 2 nitrogen and oxygen atoms in total. The summed E-state index contributed by atoms with van der Waals surface area (Å²) in [5.41, 5.74) is 0.